The summed E-state index contributed by atoms with van der Waals surface area (Å²) in [4.78, 5) is 30.6. The van der Waals surface area contributed by atoms with Crippen LogP contribution < -0.4 is 0 Å². The number of hydrogen-bond donors (Lipinski definition) is 0. The Morgan fingerprint density at radius 1 is 1.38 bits per heavy atom. The van der Waals surface area contributed by atoms with Gasteiger partial charge in [0.25, 0.3) is 5.91 Å². The minimum Gasteiger partial charge on any atom is -0.458 e. The van der Waals surface area contributed by atoms with E-state index in [-0.39, 0.29) is 11.9 Å². The number of rotatable bonds is 2. The second-order valence-electron chi connectivity index (χ2n) is 6.36. The Hall–Kier alpha value is -1.91. The number of aryl methyl sites for hydroxylation is 1. The van der Waals surface area contributed by atoms with Gasteiger partial charge in [0.15, 0.2) is 0 Å². The molecule has 1 fully saturated rings. The average Bonchev–Trinajstić information content (AvgIpc) is 2.85. The molecule has 0 aromatic carbocycles. The number of likely N-dealkylation sites (tertiary alicyclic amines) is 1. The molecule has 0 spiro atoms. The Balaban J connectivity index is 2.17. The lowest BCUT2D eigenvalue weighted by Crippen LogP contribution is -2.44. The van der Waals surface area contributed by atoms with Crippen LogP contribution in [0.25, 0.3) is 0 Å². The normalized spacial score (nSPS) is 18.7. The molecule has 1 aromatic rings. The number of ether oxygens (including phenoxy) is 1. The summed E-state index contributed by atoms with van der Waals surface area (Å²) in [5, 5.41) is 0. The SMILES string of the molecule is Cc1cccnc1C(=O)N1CCC[C@@H]1C(=O)OC(C)(C)C. The summed E-state index contributed by atoms with van der Waals surface area (Å²) in [5.41, 5.74) is 0.681. The van der Waals surface area contributed by atoms with Crippen molar-refractivity contribution in [3.05, 3.63) is 29.6 Å². The molecule has 0 aliphatic carbocycles. The van der Waals surface area contributed by atoms with E-state index in [0.717, 1.165) is 12.0 Å². The van der Waals surface area contributed by atoms with Gasteiger partial charge in [0.2, 0.25) is 0 Å². The predicted molar refractivity (Wildman–Crippen MR) is 78.9 cm³/mol. The van der Waals surface area contributed by atoms with Crippen LogP contribution in [0.15, 0.2) is 18.3 Å². The van der Waals surface area contributed by atoms with Crippen LogP contribution in [-0.4, -0.2) is 39.9 Å². The number of hydrogen-bond acceptors (Lipinski definition) is 4. The van der Waals surface area contributed by atoms with Gasteiger partial charge < -0.3 is 9.64 Å². The third kappa shape index (κ3) is 3.60. The molecule has 1 atom stereocenters. The molecule has 0 N–H and O–H groups in total. The molecule has 5 heteroatoms. The average molecular weight is 290 g/mol. The van der Waals surface area contributed by atoms with Crippen molar-refractivity contribution >= 4 is 11.9 Å². The molecule has 1 aromatic heterocycles. The quantitative estimate of drug-likeness (QED) is 0.784. The molecule has 114 valence electrons. The van der Waals surface area contributed by atoms with Gasteiger partial charge in [-0.3, -0.25) is 9.78 Å². The lowest BCUT2D eigenvalue weighted by molar-refractivity contribution is -0.159. The number of amides is 1. The Bertz CT molecular complexity index is 549. The third-order valence-corrected chi connectivity index (χ3v) is 3.40. The molecule has 5 nitrogen and oxygen atoms in total. The number of nitrogens with zero attached hydrogens (tertiary/aromatic N) is 2. The molecule has 2 heterocycles. The molecule has 0 saturated carbocycles. The van der Waals surface area contributed by atoms with Crippen LogP contribution in [0.2, 0.25) is 0 Å². The van der Waals surface area contributed by atoms with Crippen molar-refractivity contribution in [3.63, 3.8) is 0 Å². The second-order valence-corrected chi connectivity index (χ2v) is 6.36. The van der Waals surface area contributed by atoms with Gasteiger partial charge in [-0.15, -0.1) is 0 Å². The van der Waals surface area contributed by atoms with Crippen LogP contribution in [0.1, 0.15) is 49.7 Å². The first-order valence-electron chi connectivity index (χ1n) is 7.25. The summed E-state index contributed by atoms with van der Waals surface area (Å²) in [5.74, 6) is -0.525. The van der Waals surface area contributed by atoms with Gasteiger partial charge in [-0.05, 0) is 52.2 Å². The van der Waals surface area contributed by atoms with E-state index in [9.17, 15) is 9.59 Å². The van der Waals surface area contributed by atoms with E-state index in [1.54, 1.807) is 17.2 Å². The van der Waals surface area contributed by atoms with E-state index in [0.29, 0.717) is 18.7 Å². The van der Waals surface area contributed by atoms with Crippen LogP contribution >= 0.6 is 0 Å². The Labute approximate surface area is 125 Å². The summed E-state index contributed by atoms with van der Waals surface area (Å²) in [6.45, 7) is 7.90. The molecular weight excluding hydrogens is 268 g/mol. The lowest BCUT2D eigenvalue weighted by atomic mass is 10.1. The van der Waals surface area contributed by atoms with Gasteiger partial charge in [0.1, 0.15) is 17.3 Å². The molecular formula is C16H22N2O3. The van der Waals surface area contributed by atoms with E-state index in [1.807, 2.05) is 33.8 Å². The maximum Gasteiger partial charge on any atom is 0.329 e. The van der Waals surface area contributed by atoms with Crippen LogP contribution in [0.5, 0.6) is 0 Å². The predicted octanol–water partition coefficient (Wildman–Crippen LogP) is 2.34. The van der Waals surface area contributed by atoms with Crippen LogP contribution in [0, 0.1) is 6.92 Å². The van der Waals surface area contributed by atoms with E-state index in [2.05, 4.69) is 4.98 Å². The molecule has 2 rings (SSSR count). The number of aromatic nitrogens is 1. The highest BCUT2D eigenvalue weighted by Crippen LogP contribution is 2.23. The highest BCUT2D eigenvalue weighted by molar-refractivity contribution is 5.96. The standard InChI is InChI=1S/C16H22N2O3/c1-11-7-5-9-17-13(11)14(19)18-10-6-8-12(18)15(20)21-16(2,3)4/h5,7,9,12H,6,8,10H2,1-4H3/t12-/m1/s1. The number of carbonyl (C=O) groups excluding carboxylic acids is 2. The fraction of sp³-hybridized carbons (Fsp3) is 0.562. The van der Waals surface area contributed by atoms with Crippen molar-refractivity contribution in [3.8, 4) is 0 Å². The number of esters is 1. The zero-order valence-electron chi connectivity index (χ0n) is 13.0. The molecule has 1 aliphatic heterocycles. The second kappa shape index (κ2) is 5.84. The maximum atomic E-state index is 12.6. The fourth-order valence-corrected chi connectivity index (χ4v) is 2.47. The molecule has 0 bridgehead atoms. The lowest BCUT2D eigenvalue weighted by Gasteiger charge is -2.27. The molecule has 1 saturated heterocycles. The third-order valence-electron chi connectivity index (χ3n) is 3.40. The summed E-state index contributed by atoms with van der Waals surface area (Å²) < 4.78 is 5.41. The summed E-state index contributed by atoms with van der Waals surface area (Å²) >= 11 is 0. The van der Waals surface area contributed by atoms with E-state index in [1.165, 1.54) is 0 Å². The summed E-state index contributed by atoms with van der Waals surface area (Å²) in [6.07, 6.45) is 3.05. The van der Waals surface area contributed by atoms with Gasteiger partial charge in [-0.25, -0.2) is 4.79 Å². The minimum absolute atomic E-state index is 0.193. The maximum absolute atomic E-state index is 12.6. The summed E-state index contributed by atoms with van der Waals surface area (Å²) in [6, 6.07) is 3.14. The Morgan fingerprint density at radius 2 is 2.10 bits per heavy atom. The molecule has 0 radical (unpaired) electrons. The first-order chi connectivity index (χ1) is 9.79. The summed E-state index contributed by atoms with van der Waals surface area (Å²) in [7, 11) is 0. The zero-order chi connectivity index (χ0) is 15.6. The smallest absolute Gasteiger partial charge is 0.329 e. The first kappa shape index (κ1) is 15.5. The van der Waals surface area contributed by atoms with Gasteiger partial charge >= 0.3 is 5.97 Å². The molecule has 1 amide bonds. The highest BCUT2D eigenvalue weighted by atomic mass is 16.6. The molecule has 21 heavy (non-hydrogen) atoms. The van der Waals surface area contributed by atoms with Crippen molar-refractivity contribution in [2.75, 3.05) is 6.54 Å². The van der Waals surface area contributed by atoms with Gasteiger partial charge in [0, 0.05) is 12.7 Å². The topological polar surface area (TPSA) is 59.5 Å². The van der Waals surface area contributed by atoms with Crippen LogP contribution in [0.4, 0.5) is 0 Å². The number of carbonyl (C=O) groups is 2. The van der Waals surface area contributed by atoms with E-state index in [4.69, 9.17) is 4.74 Å². The van der Waals surface area contributed by atoms with Crippen molar-refractivity contribution in [2.45, 2.75) is 52.2 Å². The van der Waals surface area contributed by atoms with Crippen molar-refractivity contribution in [1.29, 1.82) is 0 Å². The van der Waals surface area contributed by atoms with Crippen molar-refractivity contribution in [2.24, 2.45) is 0 Å². The monoisotopic (exact) mass is 290 g/mol. The molecule has 1 aliphatic rings. The molecule has 0 unspecified atom stereocenters. The number of pyridine rings is 1. The van der Waals surface area contributed by atoms with Gasteiger partial charge in [-0.2, -0.15) is 0 Å². The van der Waals surface area contributed by atoms with E-state index >= 15 is 0 Å². The van der Waals surface area contributed by atoms with E-state index < -0.39 is 11.6 Å². The highest BCUT2D eigenvalue weighted by Gasteiger charge is 2.37. The fourth-order valence-electron chi connectivity index (χ4n) is 2.47. The Morgan fingerprint density at radius 3 is 2.71 bits per heavy atom. The van der Waals surface area contributed by atoms with Crippen molar-refractivity contribution < 1.29 is 14.3 Å². The zero-order valence-corrected chi connectivity index (χ0v) is 13.0. The first-order valence-corrected chi connectivity index (χ1v) is 7.25. The Kier molecular flexibility index (Phi) is 4.30. The van der Waals surface area contributed by atoms with Crippen LogP contribution in [0.3, 0.4) is 0 Å². The largest absolute Gasteiger partial charge is 0.458 e. The van der Waals surface area contributed by atoms with Crippen LogP contribution in [-0.2, 0) is 9.53 Å². The minimum atomic E-state index is -0.546. The van der Waals surface area contributed by atoms with Gasteiger partial charge in [-0.1, -0.05) is 6.07 Å². The van der Waals surface area contributed by atoms with Crippen molar-refractivity contribution in [1.82, 2.24) is 9.88 Å². The van der Waals surface area contributed by atoms with Gasteiger partial charge in [0.05, 0.1) is 0 Å².